The number of hydrogen-bond acceptors (Lipinski definition) is 4. The Labute approximate surface area is 98.7 Å². The fourth-order valence-electron chi connectivity index (χ4n) is 1.22. The maximum atomic E-state index is 11.2. The summed E-state index contributed by atoms with van der Waals surface area (Å²) in [4.78, 5) is 15.5. The highest BCUT2D eigenvalue weighted by atomic mass is 35.5. The smallest absolute Gasteiger partial charge is 0.227 e. The minimum atomic E-state index is -0.0517. The molecule has 0 bridgehead atoms. The summed E-state index contributed by atoms with van der Waals surface area (Å²) in [5, 5.41) is 5.46. The standard InChI is InChI=1S/C9H13N3OS.ClH/c10-4-3-8(13)12-9-11-7(5-14-9)6-1-2-6;/h5-6H,1-4,10H2,(H,11,12,13);1H. The van der Waals surface area contributed by atoms with E-state index in [0.717, 1.165) is 5.69 Å². The molecule has 1 aliphatic rings. The van der Waals surface area contributed by atoms with Crippen LogP contribution in [0.5, 0.6) is 0 Å². The molecule has 0 unspecified atom stereocenters. The maximum absolute atomic E-state index is 11.2. The van der Waals surface area contributed by atoms with Gasteiger partial charge in [-0.1, -0.05) is 0 Å². The number of nitrogens with zero attached hydrogens (tertiary/aromatic N) is 1. The van der Waals surface area contributed by atoms with Crippen molar-refractivity contribution in [3.8, 4) is 0 Å². The molecule has 1 fully saturated rings. The van der Waals surface area contributed by atoms with Crippen LogP contribution >= 0.6 is 23.7 Å². The fourth-order valence-corrected chi connectivity index (χ4v) is 2.03. The van der Waals surface area contributed by atoms with Gasteiger partial charge < -0.3 is 11.1 Å². The molecule has 0 aromatic carbocycles. The van der Waals surface area contributed by atoms with Crippen LogP contribution in [0.2, 0.25) is 0 Å². The predicted molar refractivity (Wildman–Crippen MR) is 63.6 cm³/mol. The van der Waals surface area contributed by atoms with E-state index in [1.165, 1.54) is 24.2 Å². The van der Waals surface area contributed by atoms with Crippen molar-refractivity contribution in [1.29, 1.82) is 0 Å². The Hall–Kier alpha value is -0.650. The second-order valence-corrected chi connectivity index (χ2v) is 4.30. The molecule has 0 aliphatic heterocycles. The number of rotatable bonds is 4. The predicted octanol–water partition coefficient (Wildman–Crippen LogP) is 1.73. The molecule has 1 saturated carbocycles. The fraction of sp³-hybridized carbons (Fsp3) is 0.556. The van der Waals surface area contributed by atoms with Crippen molar-refractivity contribution in [2.45, 2.75) is 25.2 Å². The minimum absolute atomic E-state index is 0. The minimum Gasteiger partial charge on any atom is -0.330 e. The van der Waals surface area contributed by atoms with Gasteiger partial charge in [0.2, 0.25) is 5.91 Å². The lowest BCUT2D eigenvalue weighted by Crippen LogP contribution is -2.15. The Morgan fingerprint density at radius 2 is 2.40 bits per heavy atom. The number of nitrogens with one attached hydrogen (secondary N) is 1. The van der Waals surface area contributed by atoms with Gasteiger partial charge >= 0.3 is 0 Å². The van der Waals surface area contributed by atoms with Crippen molar-refractivity contribution in [3.05, 3.63) is 11.1 Å². The number of aromatic nitrogens is 1. The molecule has 6 heteroatoms. The van der Waals surface area contributed by atoms with E-state index in [9.17, 15) is 4.79 Å². The maximum Gasteiger partial charge on any atom is 0.227 e. The molecule has 2 rings (SSSR count). The summed E-state index contributed by atoms with van der Waals surface area (Å²) in [6, 6.07) is 0. The number of nitrogens with two attached hydrogens (primary N) is 1. The molecule has 1 amide bonds. The highest BCUT2D eigenvalue weighted by Gasteiger charge is 2.26. The zero-order valence-corrected chi connectivity index (χ0v) is 9.87. The first-order chi connectivity index (χ1) is 6.79. The zero-order chi connectivity index (χ0) is 9.97. The Morgan fingerprint density at radius 3 is 3.00 bits per heavy atom. The van der Waals surface area contributed by atoms with E-state index in [0.29, 0.717) is 24.0 Å². The summed E-state index contributed by atoms with van der Waals surface area (Å²) >= 11 is 1.49. The van der Waals surface area contributed by atoms with Crippen molar-refractivity contribution in [2.75, 3.05) is 11.9 Å². The number of anilines is 1. The van der Waals surface area contributed by atoms with E-state index >= 15 is 0 Å². The van der Waals surface area contributed by atoms with Gasteiger partial charge in [-0.05, 0) is 12.8 Å². The summed E-state index contributed by atoms with van der Waals surface area (Å²) in [6.07, 6.45) is 2.83. The highest BCUT2D eigenvalue weighted by molar-refractivity contribution is 7.13. The highest BCUT2D eigenvalue weighted by Crippen LogP contribution is 2.40. The molecule has 0 radical (unpaired) electrons. The Morgan fingerprint density at radius 1 is 1.67 bits per heavy atom. The summed E-state index contributed by atoms with van der Waals surface area (Å²) in [7, 11) is 0. The van der Waals surface area contributed by atoms with Crippen LogP contribution in [0.4, 0.5) is 5.13 Å². The van der Waals surface area contributed by atoms with Gasteiger partial charge in [-0.2, -0.15) is 0 Å². The van der Waals surface area contributed by atoms with Gasteiger partial charge in [0.15, 0.2) is 5.13 Å². The van der Waals surface area contributed by atoms with E-state index in [1.807, 2.05) is 5.38 Å². The van der Waals surface area contributed by atoms with Crippen molar-refractivity contribution in [3.63, 3.8) is 0 Å². The molecule has 15 heavy (non-hydrogen) atoms. The second kappa shape index (κ2) is 5.44. The number of carbonyl (C=O) groups is 1. The molecule has 1 heterocycles. The van der Waals surface area contributed by atoms with Crippen LogP contribution < -0.4 is 11.1 Å². The molecular formula is C9H14ClN3OS. The van der Waals surface area contributed by atoms with Crippen LogP contribution in [-0.4, -0.2) is 17.4 Å². The van der Waals surface area contributed by atoms with E-state index in [4.69, 9.17) is 5.73 Å². The average molecular weight is 248 g/mol. The summed E-state index contributed by atoms with van der Waals surface area (Å²) in [6.45, 7) is 0.382. The van der Waals surface area contributed by atoms with Crippen LogP contribution in [0, 0.1) is 0 Å². The van der Waals surface area contributed by atoms with Crippen LogP contribution in [0.15, 0.2) is 5.38 Å². The number of amides is 1. The van der Waals surface area contributed by atoms with Crippen LogP contribution in [0.1, 0.15) is 30.9 Å². The molecule has 0 spiro atoms. The lowest BCUT2D eigenvalue weighted by Gasteiger charge is -1.98. The van der Waals surface area contributed by atoms with E-state index < -0.39 is 0 Å². The van der Waals surface area contributed by atoms with Gasteiger partial charge in [-0.3, -0.25) is 4.79 Å². The van der Waals surface area contributed by atoms with E-state index in [2.05, 4.69) is 10.3 Å². The monoisotopic (exact) mass is 247 g/mol. The molecular weight excluding hydrogens is 234 g/mol. The first-order valence-electron chi connectivity index (χ1n) is 4.75. The largest absolute Gasteiger partial charge is 0.330 e. The Bertz CT molecular complexity index is 338. The molecule has 84 valence electrons. The average Bonchev–Trinajstić information content (AvgIpc) is 2.89. The van der Waals surface area contributed by atoms with Crippen LogP contribution in [0.3, 0.4) is 0 Å². The van der Waals surface area contributed by atoms with Crippen molar-refractivity contribution >= 4 is 34.8 Å². The third kappa shape index (κ3) is 3.44. The summed E-state index contributed by atoms with van der Waals surface area (Å²) in [5.74, 6) is 0.593. The SMILES string of the molecule is Cl.NCCC(=O)Nc1nc(C2CC2)cs1. The molecule has 1 aliphatic carbocycles. The van der Waals surface area contributed by atoms with Gasteiger partial charge in [-0.15, -0.1) is 23.7 Å². The first kappa shape index (κ1) is 12.4. The van der Waals surface area contributed by atoms with Crippen LogP contribution in [-0.2, 0) is 4.79 Å². The third-order valence-corrected chi connectivity index (χ3v) is 2.91. The Balaban J connectivity index is 0.00000112. The molecule has 1 aromatic rings. The van der Waals surface area contributed by atoms with Gasteiger partial charge in [0.25, 0.3) is 0 Å². The van der Waals surface area contributed by atoms with Crippen LogP contribution in [0.25, 0.3) is 0 Å². The van der Waals surface area contributed by atoms with Gasteiger partial charge in [0.05, 0.1) is 5.69 Å². The molecule has 0 saturated heterocycles. The molecule has 4 nitrogen and oxygen atoms in total. The van der Waals surface area contributed by atoms with E-state index in [-0.39, 0.29) is 18.3 Å². The quantitative estimate of drug-likeness (QED) is 0.852. The molecule has 3 N–H and O–H groups in total. The van der Waals surface area contributed by atoms with Crippen molar-refractivity contribution < 1.29 is 4.79 Å². The number of thiazole rings is 1. The summed E-state index contributed by atoms with van der Waals surface area (Å²) < 4.78 is 0. The lowest BCUT2D eigenvalue weighted by molar-refractivity contribution is -0.116. The normalized spacial score (nSPS) is 14.5. The molecule has 0 atom stereocenters. The van der Waals surface area contributed by atoms with Gasteiger partial charge in [-0.25, -0.2) is 4.98 Å². The topological polar surface area (TPSA) is 68.0 Å². The third-order valence-electron chi connectivity index (χ3n) is 2.14. The second-order valence-electron chi connectivity index (χ2n) is 3.44. The van der Waals surface area contributed by atoms with E-state index in [1.54, 1.807) is 0 Å². The number of carbonyl (C=O) groups excluding carboxylic acids is 1. The lowest BCUT2D eigenvalue weighted by atomic mass is 10.3. The summed E-state index contributed by atoms with van der Waals surface area (Å²) in [5.41, 5.74) is 6.39. The van der Waals surface area contributed by atoms with Gasteiger partial charge in [0, 0.05) is 24.3 Å². The number of halogens is 1. The zero-order valence-electron chi connectivity index (χ0n) is 8.23. The van der Waals surface area contributed by atoms with Crippen molar-refractivity contribution in [2.24, 2.45) is 5.73 Å². The van der Waals surface area contributed by atoms with Gasteiger partial charge in [0.1, 0.15) is 0 Å². The molecule has 1 aromatic heterocycles. The van der Waals surface area contributed by atoms with Crippen molar-refractivity contribution in [1.82, 2.24) is 4.98 Å². The number of hydrogen-bond donors (Lipinski definition) is 2. The Kier molecular flexibility index (Phi) is 4.50. The first-order valence-corrected chi connectivity index (χ1v) is 5.63.